The van der Waals surface area contributed by atoms with Crippen molar-refractivity contribution in [3.63, 3.8) is 0 Å². The number of ether oxygens (including phenoxy) is 1. The van der Waals surface area contributed by atoms with Crippen molar-refractivity contribution in [1.82, 2.24) is 10.2 Å². The van der Waals surface area contributed by atoms with Crippen molar-refractivity contribution in [2.45, 2.75) is 26.0 Å². The van der Waals surface area contributed by atoms with Gasteiger partial charge < -0.3 is 10.1 Å². The van der Waals surface area contributed by atoms with Crippen LogP contribution in [0.15, 0.2) is 24.3 Å². The Balaban J connectivity index is 1.81. The molecule has 0 saturated carbocycles. The van der Waals surface area contributed by atoms with Crippen LogP contribution >= 0.6 is 0 Å². The van der Waals surface area contributed by atoms with Gasteiger partial charge in [0.25, 0.3) is 0 Å². The highest BCUT2D eigenvalue weighted by molar-refractivity contribution is 5.19. The minimum absolute atomic E-state index is 0.135. The summed E-state index contributed by atoms with van der Waals surface area (Å²) in [6.45, 7) is 8.88. The highest BCUT2D eigenvalue weighted by atomic mass is 19.1. The zero-order valence-corrected chi connectivity index (χ0v) is 11.7. The van der Waals surface area contributed by atoms with Gasteiger partial charge in [0.1, 0.15) is 5.82 Å². The summed E-state index contributed by atoms with van der Waals surface area (Å²) in [6.07, 6.45) is 0.227. The highest BCUT2D eigenvalue weighted by Gasteiger charge is 2.19. The van der Waals surface area contributed by atoms with E-state index in [-0.39, 0.29) is 18.0 Å². The maximum atomic E-state index is 13.2. The van der Waals surface area contributed by atoms with E-state index < -0.39 is 0 Å². The molecule has 0 amide bonds. The summed E-state index contributed by atoms with van der Waals surface area (Å²) in [6, 6.07) is 6.88. The van der Waals surface area contributed by atoms with Crippen molar-refractivity contribution in [3.8, 4) is 0 Å². The van der Waals surface area contributed by atoms with Crippen LogP contribution in [0.1, 0.15) is 25.5 Å². The molecular weight excluding hydrogens is 243 g/mol. The average Bonchev–Trinajstić information content (AvgIpc) is 2.45. The molecule has 3 nitrogen and oxygen atoms in total. The molecule has 1 saturated heterocycles. The van der Waals surface area contributed by atoms with E-state index in [0.29, 0.717) is 0 Å². The Bertz CT molecular complexity index is 399. The molecule has 19 heavy (non-hydrogen) atoms. The molecule has 1 heterocycles. The first-order valence-electron chi connectivity index (χ1n) is 7.02. The molecule has 0 aromatic heterocycles. The van der Waals surface area contributed by atoms with Crippen molar-refractivity contribution in [2.24, 2.45) is 0 Å². The number of halogens is 1. The number of nitrogens with one attached hydrogen (secondary N) is 1. The van der Waals surface area contributed by atoms with Gasteiger partial charge in [0, 0.05) is 25.7 Å². The maximum absolute atomic E-state index is 13.2. The Kier molecular flexibility index (Phi) is 5.31. The van der Waals surface area contributed by atoms with E-state index in [1.165, 1.54) is 6.07 Å². The normalized spacial score (nSPS) is 22.4. The van der Waals surface area contributed by atoms with Gasteiger partial charge in [-0.3, -0.25) is 4.90 Å². The fraction of sp³-hybridized carbons (Fsp3) is 0.600. The summed E-state index contributed by atoms with van der Waals surface area (Å²) < 4.78 is 18.9. The Morgan fingerprint density at radius 2 is 2.37 bits per heavy atom. The van der Waals surface area contributed by atoms with Crippen molar-refractivity contribution in [1.29, 1.82) is 0 Å². The fourth-order valence-electron chi connectivity index (χ4n) is 2.39. The van der Waals surface area contributed by atoms with E-state index in [1.54, 1.807) is 12.1 Å². The summed E-state index contributed by atoms with van der Waals surface area (Å²) in [7, 11) is 0. The van der Waals surface area contributed by atoms with Crippen molar-refractivity contribution < 1.29 is 9.13 Å². The van der Waals surface area contributed by atoms with E-state index in [4.69, 9.17) is 4.74 Å². The lowest BCUT2D eigenvalue weighted by Gasteiger charge is -2.32. The number of hydrogen-bond acceptors (Lipinski definition) is 3. The first kappa shape index (κ1) is 14.4. The van der Waals surface area contributed by atoms with E-state index in [2.05, 4.69) is 24.1 Å². The number of hydrogen-bond donors (Lipinski definition) is 1. The summed E-state index contributed by atoms with van der Waals surface area (Å²) in [5.74, 6) is -0.183. The maximum Gasteiger partial charge on any atom is 0.123 e. The highest BCUT2D eigenvalue weighted by Crippen LogP contribution is 2.14. The van der Waals surface area contributed by atoms with Gasteiger partial charge in [0.15, 0.2) is 0 Å². The Hall–Kier alpha value is -0.970. The standard InChI is InChI=1S/C15H23FN2O/c1-3-18-7-8-19-15(11-18)10-17-12(2)13-5-4-6-14(16)9-13/h4-6,9,12,15,17H,3,7-8,10-11H2,1-2H3/t12-,15?/m1/s1. The van der Waals surface area contributed by atoms with Gasteiger partial charge in [0.05, 0.1) is 12.7 Å². The molecular formula is C15H23FN2O. The van der Waals surface area contributed by atoms with Crippen molar-refractivity contribution >= 4 is 0 Å². The average molecular weight is 266 g/mol. The first-order chi connectivity index (χ1) is 9.19. The topological polar surface area (TPSA) is 24.5 Å². The number of nitrogens with zero attached hydrogens (tertiary/aromatic N) is 1. The monoisotopic (exact) mass is 266 g/mol. The molecule has 0 aliphatic carbocycles. The fourth-order valence-corrected chi connectivity index (χ4v) is 2.39. The molecule has 1 aliphatic heterocycles. The van der Waals surface area contributed by atoms with Gasteiger partial charge in [-0.15, -0.1) is 0 Å². The van der Waals surface area contributed by atoms with Crippen LogP contribution in [0.2, 0.25) is 0 Å². The molecule has 0 radical (unpaired) electrons. The third-order valence-electron chi connectivity index (χ3n) is 3.67. The van der Waals surface area contributed by atoms with Crippen LogP contribution in [0.4, 0.5) is 4.39 Å². The second kappa shape index (κ2) is 6.98. The number of morpholine rings is 1. The SMILES string of the molecule is CCN1CCOC(CN[C@H](C)c2cccc(F)c2)C1. The Morgan fingerprint density at radius 1 is 1.53 bits per heavy atom. The number of rotatable bonds is 5. The van der Waals surface area contributed by atoms with Crippen molar-refractivity contribution in [2.75, 3.05) is 32.8 Å². The third kappa shape index (κ3) is 4.27. The second-order valence-corrected chi connectivity index (χ2v) is 5.07. The molecule has 2 rings (SSSR count). The van der Waals surface area contributed by atoms with Gasteiger partial charge in [-0.05, 0) is 31.2 Å². The zero-order valence-electron chi connectivity index (χ0n) is 11.7. The Morgan fingerprint density at radius 3 is 3.11 bits per heavy atom. The van der Waals surface area contributed by atoms with Crippen LogP contribution < -0.4 is 5.32 Å². The van der Waals surface area contributed by atoms with Crippen LogP contribution in [0.3, 0.4) is 0 Å². The van der Waals surface area contributed by atoms with Gasteiger partial charge in [-0.2, -0.15) is 0 Å². The zero-order chi connectivity index (χ0) is 13.7. The minimum Gasteiger partial charge on any atom is -0.374 e. The van der Waals surface area contributed by atoms with Crippen LogP contribution in [-0.4, -0.2) is 43.8 Å². The molecule has 1 aliphatic rings. The summed E-state index contributed by atoms with van der Waals surface area (Å²) in [5.41, 5.74) is 0.975. The molecule has 106 valence electrons. The summed E-state index contributed by atoms with van der Waals surface area (Å²) in [4.78, 5) is 2.39. The van der Waals surface area contributed by atoms with E-state index in [0.717, 1.165) is 38.3 Å². The third-order valence-corrected chi connectivity index (χ3v) is 3.67. The lowest BCUT2D eigenvalue weighted by atomic mass is 10.1. The summed E-state index contributed by atoms with van der Waals surface area (Å²) >= 11 is 0. The lowest BCUT2D eigenvalue weighted by Crippen LogP contribution is -2.46. The van der Waals surface area contributed by atoms with E-state index in [1.807, 2.05) is 6.07 Å². The smallest absolute Gasteiger partial charge is 0.123 e. The second-order valence-electron chi connectivity index (χ2n) is 5.07. The van der Waals surface area contributed by atoms with E-state index >= 15 is 0 Å². The summed E-state index contributed by atoms with van der Waals surface area (Å²) in [5, 5.41) is 3.42. The van der Waals surface area contributed by atoms with Crippen LogP contribution in [0.25, 0.3) is 0 Å². The first-order valence-corrected chi connectivity index (χ1v) is 7.02. The molecule has 1 N–H and O–H groups in total. The Labute approximate surface area is 114 Å². The molecule has 1 fully saturated rings. The quantitative estimate of drug-likeness (QED) is 0.884. The molecule has 2 atom stereocenters. The predicted octanol–water partition coefficient (Wildman–Crippen LogP) is 2.20. The largest absolute Gasteiger partial charge is 0.374 e. The van der Waals surface area contributed by atoms with E-state index in [9.17, 15) is 4.39 Å². The molecule has 1 aromatic rings. The molecule has 0 spiro atoms. The number of benzene rings is 1. The van der Waals surface area contributed by atoms with Crippen LogP contribution in [-0.2, 0) is 4.74 Å². The van der Waals surface area contributed by atoms with Crippen LogP contribution in [0, 0.1) is 5.82 Å². The van der Waals surface area contributed by atoms with Gasteiger partial charge in [-0.25, -0.2) is 4.39 Å². The van der Waals surface area contributed by atoms with Gasteiger partial charge >= 0.3 is 0 Å². The lowest BCUT2D eigenvalue weighted by molar-refractivity contribution is -0.0262. The number of likely N-dealkylation sites (N-methyl/N-ethyl adjacent to an activating group) is 1. The van der Waals surface area contributed by atoms with Gasteiger partial charge in [0.2, 0.25) is 0 Å². The van der Waals surface area contributed by atoms with Crippen LogP contribution in [0.5, 0.6) is 0 Å². The van der Waals surface area contributed by atoms with Crippen molar-refractivity contribution in [3.05, 3.63) is 35.6 Å². The van der Waals surface area contributed by atoms with Gasteiger partial charge in [-0.1, -0.05) is 19.1 Å². The minimum atomic E-state index is -0.183. The molecule has 0 bridgehead atoms. The molecule has 1 aromatic carbocycles. The molecule has 1 unspecified atom stereocenters. The predicted molar refractivity (Wildman–Crippen MR) is 74.7 cm³/mol. The molecule has 4 heteroatoms.